The first-order valence-corrected chi connectivity index (χ1v) is 11.4. The maximum Gasteiger partial charge on any atom is 0.163 e. The van der Waals surface area contributed by atoms with Crippen LogP contribution in [0.1, 0.15) is 28.5 Å². The third kappa shape index (κ3) is 3.89. The van der Waals surface area contributed by atoms with Crippen molar-refractivity contribution in [3.63, 3.8) is 0 Å². The highest BCUT2D eigenvalue weighted by atomic mass is 19.1. The molecule has 4 aromatic rings. The molecular formula is C27H28FNO5. The zero-order chi connectivity index (χ0) is 24.1. The molecule has 1 aromatic heterocycles. The van der Waals surface area contributed by atoms with Crippen molar-refractivity contribution in [3.05, 3.63) is 82.8 Å². The smallest absolute Gasteiger partial charge is 0.163 e. The van der Waals surface area contributed by atoms with Crippen molar-refractivity contribution in [2.45, 2.75) is 50.9 Å². The zero-order valence-corrected chi connectivity index (χ0v) is 19.0. The van der Waals surface area contributed by atoms with Gasteiger partial charge >= 0.3 is 0 Å². The first-order valence-electron chi connectivity index (χ1n) is 11.4. The normalized spacial score (nSPS) is 25.3. The molecule has 1 aliphatic rings. The van der Waals surface area contributed by atoms with E-state index in [2.05, 4.69) is 6.07 Å². The maximum absolute atomic E-state index is 13.6. The summed E-state index contributed by atoms with van der Waals surface area (Å²) in [4.78, 5) is 0. The summed E-state index contributed by atoms with van der Waals surface area (Å²) in [6, 6.07) is 14.7. The molecule has 0 unspecified atom stereocenters. The Morgan fingerprint density at radius 1 is 0.912 bits per heavy atom. The Morgan fingerprint density at radius 2 is 1.65 bits per heavy atom. The molecule has 0 amide bonds. The molecule has 0 radical (unpaired) electrons. The number of rotatable bonds is 4. The van der Waals surface area contributed by atoms with Crippen LogP contribution in [0.25, 0.3) is 21.7 Å². The fraction of sp³-hybridized carbons (Fsp3) is 0.333. The predicted molar refractivity (Wildman–Crippen MR) is 127 cm³/mol. The van der Waals surface area contributed by atoms with Gasteiger partial charge < -0.3 is 29.7 Å². The summed E-state index contributed by atoms with van der Waals surface area (Å²) in [6.45, 7) is 3.53. The van der Waals surface area contributed by atoms with Crippen LogP contribution in [0.15, 0.2) is 54.7 Å². The molecule has 34 heavy (non-hydrogen) atoms. The second-order valence-corrected chi connectivity index (χ2v) is 9.26. The van der Waals surface area contributed by atoms with Gasteiger partial charge in [0.1, 0.15) is 30.2 Å². The number of aliphatic hydroxyl groups is 4. The number of aryl methyl sites for hydroxylation is 2. The number of nitrogens with zero attached hydrogens (tertiary/aromatic N) is 1. The third-order valence-corrected chi connectivity index (χ3v) is 6.76. The molecule has 178 valence electrons. The number of fused-ring (bicyclic) bond motifs is 2. The lowest BCUT2D eigenvalue weighted by Crippen LogP contribution is -2.56. The summed E-state index contributed by atoms with van der Waals surface area (Å²) >= 11 is 0. The van der Waals surface area contributed by atoms with E-state index in [1.807, 2.05) is 44.3 Å². The van der Waals surface area contributed by atoms with E-state index in [4.69, 9.17) is 4.74 Å². The van der Waals surface area contributed by atoms with Crippen molar-refractivity contribution in [2.75, 3.05) is 6.61 Å². The van der Waals surface area contributed by atoms with Gasteiger partial charge in [0.05, 0.1) is 12.1 Å². The first-order chi connectivity index (χ1) is 16.3. The summed E-state index contributed by atoms with van der Waals surface area (Å²) in [6.07, 6.45) is -3.72. The topological polar surface area (TPSA) is 95.1 Å². The van der Waals surface area contributed by atoms with Gasteiger partial charge in [0.15, 0.2) is 6.23 Å². The second-order valence-electron chi connectivity index (χ2n) is 9.26. The Labute approximate surface area is 196 Å². The average molecular weight is 466 g/mol. The molecule has 5 atom stereocenters. The van der Waals surface area contributed by atoms with E-state index in [0.29, 0.717) is 6.42 Å². The molecule has 5 rings (SSSR count). The second kappa shape index (κ2) is 8.76. The molecule has 1 fully saturated rings. The van der Waals surface area contributed by atoms with E-state index < -0.39 is 37.3 Å². The van der Waals surface area contributed by atoms with E-state index in [1.165, 1.54) is 12.1 Å². The maximum atomic E-state index is 13.6. The number of aliphatic hydroxyl groups excluding tert-OH is 4. The van der Waals surface area contributed by atoms with Crippen molar-refractivity contribution in [2.24, 2.45) is 0 Å². The first kappa shape index (κ1) is 23.0. The van der Waals surface area contributed by atoms with Crippen molar-refractivity contribution in [1.29, 1.82) is 0 Å². The van der Waals surface area contributed by atoms with Gasteiger partial charge in [0, 0.05) is 11.6 Å². The van der Waals surface area contributed by atoms with Crippen LogP contribution in [0.4, 0.5) is 4.39 Å². The highest BCUT2D eigenvalue weighted by Gasteiger charge is 2.44. The number of hydrogen-bond acceptors (Lipinski definition) is 5. The summed E-state index contributed by atoms with van der Waals surface area (Å²) in [7, 11) is 0. The Balaban J connectivity index is 1.60. The van der Waals surface area contributed by atoms with Crippen molar-refractivity contribution in [3.8, 4) is 0 Å². The summed E-state index contributed by atoms with van der Waals surface area (Å²) in [5, 5.41) is 43.7. The van der Waals surface area contributed by atoms with Gasteiger partial charge in [-0.2, -0.15) is 0 Å². The highest BCUT2D eigenvalue weighted by molar-refractivity contribution is 5.89. The van der Waals surface area contributed by atoms with E-state index in [0.717, 1.165) is 43.9 Å². The Kier molecular flexibility index (Phi) is 5.91. The molecule has 0 bridgehead atoms. The fourth-order valence-corrected chi connectivity index (χ4v) is 5.12. The Bertz CT molecular complexity index is 1360. The average Bonchev–Trinajstić information content (AvgIpc) is 3.15. The third-order valence-electron chi connectivity index (χ3n) is 6.76. The molecule has 1 saturated heterocycles. The molecule has 7 heteroatoms. The van der Waals surface area contributed by atoms with Crippen LogP contribution in [0.5, 0.6) is 0 Å². The molecule has 3 aromatic carbocycles. The van der Waals surface area contributed by atoms with Crippen LogP contribution >= 0.6 is 0 Å². The van der Waals surface area contributed by atoms with Crippen molar-refractivity contribution in [1.82, 2.24) is 4.57 Å². The quantitative estimate of drug-likeness (QED) is 0.372. The molecular weight excluding hydrogens is 437 g/mol. The van der Waals surface area contributed by atoms with Crippen LogP contribution in [-0.2, 0) is 11.2 Å². The highest BCUT2D eigenvalue weighted by Crippen LogP contribution is 2.36. The van der Waals surface area contributed by atoms with Crippen LogP contribution in [0.2, 0.25) is 0 Å². The minimum atomic E-state index is -1.46. The molecule has 0 aliphatic carbocycles. The van der Waals surface area contributed by atoms with Crippen molar-refractivity contribution < 1.29 is 29.6 Å². The fourth-order valence-electron chi connectivity index (χ4n) is 5.12. The number of halogens is 1. The molecule has 2 heterocycles. The van der Waals surface area contributed by atoms with Gasteiger partial charge in [-0.3, -0.25) is 0 Å². The summed E-state index contributed by atoms with van der Waals surface area (Å²) in [5.41, 5.74) is 4.99. The monoisotopic (exact) mass is 465 g/mol. The Hall–Kier alpha value is -2.81. The molecule has 4 N–H and O–H groups in total. The lowest BCUT2D eigenvalue weighted by Gasteiger charge is -2.40. The van der Waals surface area contributed by atoms with E-state index in [-0.39, 0.29) is 5.82 Å². The lowest BCUT2D eigenvalue weighted by atomic mass is 9.98. The minimum absolute atomic E-state index is 0.270. The van der Waals surface area contributed by atoms with Gasteiger partial charge in [-0.15, -0.1) is 0 Å². The zero-order valence-electron chi connectivity index (χ0n) is 19.0. The van der Waals surface area contributed by atoms with Crippen LogP contribution < -0.4 is 0 Å². The van der Waals surface area contributed by atoms with E-state index >= 15 is 0 Å². The number of benzene rings is 3. The van der Waals surface area contributed by atoms with Gasteiger partial charge in [-0.1, -0.05) is 30.3 Å². The molecule has 0 spiro atoms. The van der Waals surface area contributed by atoms with Gasteiger partial charge in [-0.05, 0) is 71.5 Å². The summed E-state index contributed by atoms with van der Waals surface area (Å²) in [5.74, 6) is -0.270. The van der Waals surface area contributed by atoms with E-state index in [9.17, 15) is 24.8 Å². The number of ether oxygens (including phenoxy) is 1. The van der Waals surface area contributed by atoms with Crippen LogP contribution in [0.3, 0.4) is 0 Å². The Morgan fingerprint density at radius 3 is 2.41 bits per heavy atom. The van der Waals surface area contributed by atoms with Gasteiger partial charge in [0.2, 0.25) is 0 Å². The van der Waals surface area contributed by atoms with Gasteiger partial charge in [0.25, 0.3) is 0 Å². The van der Waals surface area contributed by atoms with Crippen LogP contribution in [-0.4, -0.2) is 56.0 Å². The lowest BCUT2D eigenvalue weighted by molar-refractivity contribution is -0.250. The van der Waals surface area contributed by atoms with E-state index in [1.54, 1.807) is 10.6 Å². The van der Waals surface area contributed by atoms with Crippen molar-refractivity contribution >= 4 is 21.7 Å². The van der Waals surface area contributed by atoms with Crippen LogP contribution in [0, 0.1) is 19.7 Å². The predicted octanol–water partition coefficient (Wildman–Crippen LogP) is 3.11. The SMILES string of the molecule is Cc1cc(C)c2c(Cc3ccc4cc(F)ccc4c3)cn([C@@H]3O[C@H](CO)[C@@H](O)[C@H](O)[C@H]3O)c2c1. The standard InChI is InChI=1S/C27H28FNO5/c1-14-7-15(2)23-19(10-16-3-4-18-11-20(28)6-5-17(18)9-16)12-29(21(23)8-14)27-26(33)25(32)24(31)22(13-30)34-27/h3-9,11-12,22,24-27,30-33H,10,13H2,1-2H3/t22-,24-,25+,26-,27-/m1/s1. The number of aromatic nitrogens is 1. The largest absolute Gasteiger partial charge is 0.394 e. The molecule has 1 aliphatic heterocycles. The minimum Gasteiger partial charge on any atom is -0.394 e. The van der Waals surface area contributed by atoms with Gasteiger partial charge in [-0.25, -0.2) is 4.39 Å². The number of hydrogen-bond donors (Lipinski definition) is 4. The molecule has 6 nitrogen and oxygen atoms in total. The molecule has 0 saturated carbocycles. The summed E-state index contributed by atoms with van der Waals surface area (Å²) < 4.78 is 21.2.